The number of hydrogen-bond donors (Lipinski definition) is 2. The van der Waals surface area contributed by atoms with Gasteiger partial charge in [0, 0.05) is 6.42 Å². The third kappa shape index (κ3) is 2.23. The van der Waals surface area contributed by atoms with Crippen molar-refractivity contribution < 1.29 is 19.7 Å². The van der Waals surface area contributed by atoms with Crippen LogP contribution in [0.25, 0.3) is 0 Å². The van der Waals surface area contributed by atoms with Crippen LogP contribution in [0.2, 0.25) is 0 Å². The summed E-state index contributed by atoms with van der Waals surface area (Å²) in [6.07, 6.45) is -0.167. The molecule has 0 bridgehead atoms. The van der Waals surface area contributed by atoms with Crippen molar-refractivity contribution in [2.24, 2.45) is 0 Å². The molecule has 1 rings (SSSR count). The monoisotopic (exact) mass is 196 g/mol. The van der Waals surface area contributed by atoms with Crippen LogP contribution in [0.1, 0.15) is 18.1 Å². The Hall–Kier alpha value is -1.55. The molecule has 1 atom stereocenters. The maximum absolute atomic E-state index is 10.2. The normalized spacial score (nSPS) is 12.1. The molecule has 76 valence electrons. The Bertz CT molecular complexity index is 322. The van der Waals surface area contributed by atoms with Gasteiger partial charge in [0.05, 0.1) is 13.2 Å². The van der Waals surface area contributed by atoms with E-state index in [1.54, 1.807) is 6.07 Å². The maximum Gasteiger partial charge on any atom is 0.160 e. The van der Waals surface area contributed by atoms with Crippen molar-refractivity contribution in [1.82, 2.24) is 0 Å². The van der Waals surface area contributed by atoms with Gasteiger partial charge in [-0.05, 0) is 17.7 Å². The smallest absolute Gasteiger partial charge is 0.160 e. The highest BCUT2D eigenvalue weighted by molar-refractivity contribution is 5.52. The van der Waals surface area contributed by atoms with E-state index in [4.69, 9.17) is 4.74 Å². The summed E-state index contributed by atoms with van der Waals surface area (Å²) in [7, 11) is 1.42. The summed E-state index contributed by atoms with van der Waals surface area (Å²) in [5.74, 6) is 0.294. The summed E-state index contributed by atoms with van der Waals surface area (Å²) >= 11 is 0. The summed E-state index contributed by atoms with van der Waals surface area (Å²) in [5.41, 5.74) is 0.548. The fourth-order valence-electron chi connectivity index (χ4n) is 1.13. The fourth-order valence-corrected chi connectivity index (χ4v) is 1.13. The molecule has 14 heavy (non-hydrogen) atoms. The molecule has 0 heterocycles. The molecule has 4 heteroatoms. The second-order valence-electron chi connectivity index (χ2n) is 2.85. The number of carbonyl (C=O) groups is 1. The minimum Gasteiger partial charge on any atom is -0.504 e. The molecule has 0 aliphatic heterocycles. The average molecular weight is 196 g/mol. The van der Waals surface area contributed by atoms with Gasteiger partial charge in [0.2, 0.25) is 0 Å². The van der Waals surface area contributed by atoms with Crippen molar-refractivity contribution >= 4 is 6.29 Å². The third-order valence-electron chi connectivity index (χ3n) is 1.91. The number of phenols is 1. The molecular formula is C10H12O4. The van der Waals surface area contributed by atoms with E-state index in [1.807, 2.05) is 0 Å². The number of benzene rings is 1. The number of ether oxygens (including phenoxy) is 1. The fraction of sp³-hybridized carbons (Fsp3) is 0.300. The molecule has 4 nitrogen and oxygen atoms in total. The summed E-state index contributed by atoms with van der Waals surface area (Å²) in [4.78, 5) is 10.2. The number of aldehydes is 1. The quantitative estimate of drug-likeness (QED) is 0.705. The first kappa shape index (κ1) is 10.5. The van der Waals surface area contributed by atoms with Crippen molar-refractivity contribution in [3.8, 4) is 11.5 Å². The lowest BCUT2D eigenvalue weighted by Crippen LogP contribution is -1.98. The lowest BCUT2D eigenvalue weighted by Gasteiger charge is -2.10. The number of methoxy groups -OCH3 is 1. The molecule has 1 aromatic carbocycles. The molecule has 0 aromatic heterocycles. The van der Waals surface area contributed by atoms with Gasteiger partial charge in [0.25, 0.3) is 0 Å². The van der Waals surface area contributed by atoms with Gasteiger partial charge in [0.15, 0.2) is 11.5 Å². The molecule has 0 fully saturated rings. The van der Waals surface area contributed by atoms with Gasteiger partial charge in [-0.1, -0.05) is 6.07 Å². The van der Waals surface area contributed by atoms with E-state index < -0.39 is 6.10 Å². The van der Waals surface area contributed by atoms with Crippen LogP contribution in [0.5, 0.6) is 11.5 Å². The van der Waals surface area contributed by atoms with E-state index in [1.165, 1.54) is 19.2 Å². The van der Waals surface area contributed by atoms with Crippen LogP contribution in [-0.4, -0.2) is 23.6 Å². The zero-order valence-electron chi connectivity index (χ0n) is 7.80. The minimum absolute atomic E-state index is 0.00885. The SMILES string of the molecule is COc1cc(C(O)CC=O)ccc1O. The van der Waals surface area contributed by atoms with Gasteiger partial charge in [0.1, 0.15) is 6.29 Å². The highest BCUT2D eigenvalue weighted by Crippen LogP contribution is 2.29. The zero-order valence-corrected chi connectivity index (χ0v) is 7.80. The summed E-state index contributed by atoms with van der Waals surface area (Å²) in [6.45, 7) is 0. The highest BCUT2D eigenvalue weighted by Gasteiger charge is 2.09. The van der Waals surface area contributed by atoms with Crippen LogP contribution in [0.3, 0.4) is 0 Å². The van der Waals surface area contributed by atoms with E-state index in [-0.39, 0.29) is 17.9 Å². The molecule has 1 aromatic rings. The first-order valence-corrected chi connectivity index (χ1v) is 4.17. The summed E-state index contributed by atoms with van der Waals surface area (Å²) in [6, 6.07) is 4.47. The number of hydrogen-bond acceptors (Lipinski definition) is 4. The number of aromatic hydroxyl groups is 1. The number of phenolic OH excluding ortho intramolecular Hbond substituents is 1. The number of aliphatic hydroxyl groups excluding tert-OH is 1. The van der Waals surface area contributed by atoms with Gasteiger partial charge in [-0.15, -0.1) is 0 Å². The lowest BCUT2D eigenvalue weighted by atomic mass is 10.1. The standard InChI is InChI=1S/C10H12O4/c1-14-10-6-7(2-3-9(10)13)8(12)4-5-11/h2-3,5-6,8,12-13H,4H2,1H3. The number of carbonyl (C=O) groups excluding carboxylic acids is 1. The van der Waals surface area contributed by atoms with Crippen molar-refractivity contribution in [2.45, 2.75) is 12.5 Å². The van der Waals surface area contributed by atoms with Crippen molar-refractivity contribution in [3.05, 3.63) is 23.8 Å². The predicted molar refractivity (Wildman–Crippen MR) is 50.3 cm³/mol. The molecule has 0 spiro atoms. The van der Waals surface area contributed by atoms with Crippen LogP contribution in [0.4, 0.5) is 0 Å². The van der Waals surface area contributed by atoms with Gasteiger partial charge < -0.3 is 19.7 Å². The van der Waals surface area contributed by atoms with Crippen molar-refractivity contribution in [1.29, 1.82) is 0 Å². The second-order valence-corrected chi connectivity index (χ2v) is 2.85. The zero-order chi connectivity index (χ0) is 10.6. The van der Waals surface area contributed by atoms with Crippen LogP contribution in [0.15, 0.2) is 18.2 Å². The largest absolute Gasteiger partial charge is 0.504 e. The Morgan fingerprint density at radius 2 is 2.29 bits per heavy atom. The molecular weight excluding hydrogens is 184 g/mol. The topological polar surface area (TPSA) is 66.8 Å². The summed E-state index contributed by atoms with van der Waals surface area (Å²) in [5, 5.41) is 18.7. The van der Waals surface area contributed by atoms with Gasteiger partial charge >= 0.3 is 0 Å². The van der Waals surface area contributed by atoms with E-state index in [9.17, 15) is 15.0 Å². The molecule has 0 aliphatic rings. The Labute approximate surface area is 81.8 Å². The van der Waals surface area contributed by atoms with Crippen molar-refractivity contribution in [2.75, 3.05) is 7.11 Å². The molecule has 1 unspecified atom stereocenters. The second kappa shape index (κ2) is 4.62. The molecule has 0 amide bonds. The van der Waals surface area contributed by atoms with E-state index in [0.29, 0.717) is 11.8 Å². The Kier molecular flexibility index (Phi) is 3.48. The van der Waals surface area contributed by atoms with Gasteiger partial charge in [-0.25, -0.2) is 0 Å². The maximum atomic E-state index is 10.2. The van der Waals surface area contributed by atoms with Gasteiger partial charge in [-0.2, -0.15) is 0 Å². The molecule has 2 N–H and O–H groups in total. The lowest BCUT2D eigenvalue weighted by molar-refractivity contribution is -0.109. The first-order chi connectivity index (χ1) is 6.69. The van der Waals surface area contributed by atoms with E-state index in [2.05, 4.69) is 0 Å². The Morgan fingerprint density at radius 1 is 1.57 bits per heavy atom. The van der Waals surface area contributed by atoms with Crippen LogP contribution in [0, 0.1) is 0 Å². The molecule has 0 aliphatic carbocycles. The van der Waals surface area contributed by atoms with Crippen LogP contribution in [-0.2, 0) is 4.79 Å². The average Bonchev–Trinajstić information content (AvgIpc) is 2.19. The number of rotatable bonds is 4. The van der Waals surface area contributed by atoms with E-state index in [0.717, 1.165) is 0 Å². The first-order valence-electron chi connectivity index (χ1n) is 4.17. The van der Waals surface area contributed by atoms with Crippen molar-refractivity contribution in [3.63, 3.8) is 0 Å². The van der Waals surface area contributed by atoms with Gasteiger partial charge in [-0.3, -0.25) is 0 Å². The van der Waals surface area contributed by atoms with E-state index >= 15 is 0 Å². The Balaban J connectivity index is 2.93. The molecule has 0 radical (unpaired) electrons. The molecule has 0 saturated carbocycles. The molecule has 0 saturated heterocycles. The number of aliphatic hydroxyl groups is 1. The van der Waals surface area contributed by atoms with Crippen LogP contribution < -0.4 is 4.74 Å². The predicted octanol–water partition coefficient (Wildman–Crippen LogP) is 1.02. The third-order valence-corrected chi connectivity index (χ3v) is 1.91. The van der Waals surface area contributed by atoms with Crippen LogP contribution >= 0.6 is 0 Å². The summed E-state index contributed by atoms with van der Waals surface area (Å²) < 4.78 is 4.86. The minimum atomic E-state index is -0.845. The Morgan fingerprint density at radius 3 is 2.86 bits per heavy atom. The highest BCUT2D eigenvalue weighted by atomic mass is 16.5.